The molecule has 1 atom stereocenters. The lowest BCUT2D eigenvalue weighted by Gasteiger charge is -2.33. The molecular formula is C22H25FN2O3. The largest absolute Gasteiger partial charge is 0.493 e. The van der Waals surface area contributed by atoms with Crippen LogP contribution in [0.15, 0.2) is 47.0 Å². The summed E-state index contributed by atoms with van der Waals surface area (Å²) in [4.78, 5) is 2.42. The predicted molar refractivity (Wildman–Crippen MR) is 105 cm³/mol. The number of hydrogen-bond donors (Lipinski definition) is 0. The minimum Gasteiger partial charge on any atom is -0.493 e. The maximum absolute atomic E-state index is 13.4. The van der Waals surface area contributed by atoms with Crippen molar-refractivity contribution in [2.24, 2.45) is 0 Å². The molecule has 3 aromatic rings. The van der Waals surface area contributed by atoms with Crippen LogP contribution in [-0.2, 0) is 0 Å². The van der Waals surface area contributed by atoms with E-state index >= 15 is 0 Å². The van der Waals surface area contributed by atoms with E-state index in [2.05, 4.69) is 17.0 Å². The number of piperidine rings is 1. The van der Waals surface area contributed by atoms with Gasteiger partial charge in [-0.2, -0.15) is 0 Å². The van der Waals surface area contributed by atoms with Gasteiger partial charge in [0.15, 0.2) is 17.1 Å². The molecule has 0 radical (unpaired) electrons. The van der Waals surface area contributed by atoms with Gasteiger partial charge in [-0.05, 0) is 57.1 Å². The van der Waals surface area contributed by atoms with Crippen molar-refractivity contribution in [2.75, 3.05) is 26.7 Å². The van der Waals surface area contributed by atoms with Gasteiger partial charge in [0, 0.05) is 23.9 Å². The van der Waals surface area contributed by atoms with Crippen LogP contribution in [0, 0.1) is 5.82 Å². The molecule has 0 aliphatic carbocycles. The molecule has 0 saturated carbocycles. The van der Waals surface area contributed by atoms with E-state index in [0.29, 0.717) is 11.5 Å². The van der Waals surface area contributed by atoms with Gasteiger partial charge >= 0.3 is 0 Å². The molecule has 1 aliphatic heterocycles. The third-order valence-corrected chi connectivity index (χ3v) is 5.35. The number of rotatable bonds is 6. The summed E-state index contributed by atoms with van der Waals surface area (Å²) >= 11 is 0. The molecule has 28 heavy (non-hydrogen) atoms. The average molecular weight is 384 g/mol. The Labute approximate surface area is 164 Å². The molecular weight excluding hydrogens is 359 g/mol. The first-order valence-electron chi connectivity index (χ1n) is 9.71. The molecule has 0 amide bonds. The summed E-state index contributed by atoms with van der Waals surface area (Å²) in [7, 11) is 1.65. The second-order valence-corrected chi connectivity index (χ2v) is 7.36. The van der Waals surface area contributed by atoms with Crippen molar-refractivity contribution in [1.82, 2.24) is 10.1 Å². The molecule has 1 saturated heterocycles. The minimum absolute atomic E-state index is 0.0590. The Kier molecular flexibility index (Phi) is 5.48. The average Bonchev–Trinajstić information content (AvgIpc) is 3.12. The van der Waals surface area contributed by atoms with E-state index in [-0.39, 0.29) is 11.9 Å². The Balaban J connectivity index is 1.33. The summed E-state index contributed by atoms with van der Waals surface area (Å²) in [5.74, 6) is 1.57. The van der Waals surface area contributed by atoms with Gasteiger partial charge in [0.1, 0.15) is 11.9 Å². The van der Waals surface area contributed by atoms with Gasteiger partial charge in [-0.1, -0.05) is 17.3 Å². The number of methoxy groups -OCH3 is 1. The third kappa shape index (κ3) is 3.97. The third-order valence-electron chi connectivity index (χ3n) is 5.35. The molecule has 0 spiro atoms. The number of likely N-dealkylation sites (tertiary alicyclic amines) is 1. The van der Waals surface area contributed by atoms with Crippen molar-refractivity contribution in [3.63, 3.8) is 0 Å². The van der Waals surface area contributed by atoms with Crippen LogP contribution in [0.4, 0.5) is 4.39 Å². The van der Waals surface area contributed by atoms with Gasteiger partial charge in [0.2, 0.25) is 0 Å². The summed E-state index contributed by atoms with van der Waals surface area (Å²) in [6.07, 6.45) is 2.06. The van der Waals surface area contributed by atoms with E-state index < -0.39 is 0 Å². The highest BCUT2D eigenvalue weighted by Crippen LogP contribution is 2.33. The fraction of sp³-hybridized carbons (Fsp3) is 0.409. The van der Waals surface area contributed by atoms with E-state index in [4.69, 9.17) is 14.0 Å². The Morgan fingerprint density at radius 3 is 2.68 bits per heavy atom. The maximum atomic E-state index is 13.4. The lowest BCUT2D eigenvalue weighted by Crippen LogP contribution is -2.39. The second-order valence-electron chi connectivity index (χ2n) is 7.36. The summed E-state index contributed by atoms with van der Waals surface area (Å²) in [5, 5.41) is 5.15. The highest BCUT2D eigenvalue weighted by molar-refractivity contribution is 5.79. The maximum Gasteiger partial charge on any atom is 0.170 e. The van der Waals surface area contributed by atoms with Crippen molar-refractivity contribution in [3.05, 3.63) is 54.0 Å². The quantitative estimate of drug-likeness (QED) is 0.620. The van der Waals surface area contributed by atoms with Crippen molar-refractivity contribution >= 4 is 11.0 Å². The SMILES string of the molecule is COc1ccccc1OC(C)CN1CCC(c2noc3cc(F)ccc23)CC1. The zero-order valence-electron chi connectivity index (χ0n) is 16.2. The molecule has 0 bridgehead atoms. The van der Waals surface area contributed by atoms with E-state index in [0.717, 1.165) is 55.1 Å². The van der Waals surface area contributed by atoms with Gasteiger partial charge in [-0.15, -0.1) is 0 Å². The van der Waals surface area contributed by atoms with Crippen molar-refractivity contribution in [3.8, 4) is 11.5 Å². The van der Waals surface area contributed by atoms with Crippen LogP contribution in [0.2, 0.25) is 0 Å². The summed E-state index contributed by atoms with van der Waals surface area (Å²) < 4.78 is 30.1. The number of halogens is 1. The molecule has 1 aromatic heterocycles. The van der Waals surface area contributed by atoms with Crippen LogP contribution in [-0.4, -0.2) is 42.9 Å². The van der Waals surface area contributed by atoms with E-state index in [1.54, 1.807) is 13.2 Å². The number of benzene rings is 2. The highest BCUT2D eigenvalue weighted by atomic mass is 19.1. The zero-order chi connectivity index (χ0) is 19.5. The number of fused-ring (bicyclic) bond motifs is 1. The highest BCUT2D eigenvalue weighted by Gasteiger charge is 2.26. The molecule has 4 rings (SSSR count). The normalized spacial score (nSPS) is 17.0. The van der Waals surface area contributed by atoms with Crippen LogP contribution in [0.25, 0.3) is 11.0 Å². The van der Waals surface area contributed by atoms with Crippen molar-refractivity contribution in [2.45, 2.75) is 31.8 Å². The summed E-state index contributed by atoms with van der Waals surface area (Å²) in [6.45, 7) is 4.88. The molecule has 148 valence electrons. The van der Waals surface area contributed by atoms with Gasteiger partial charge in [0.05, 0.1) is 12.8 Å². The van der Waals surface area contributed by atoms with E-state index in [9.17, 15) is 4.39 Å². The van der Waals surface area contributed by atoms with Gasteiger partial charge in [0.25, 0.3) is 0 Å². The zero-order valence-corrected chi connectivity index (χ0v) is 16.2. The lowest BCUT2D eigenvalue weighted by atomic mass is 9.91. The number of aromatic nitrogens is 1. The standard InChI is InChI=1S/C22H25FN2O3/c1-15(27-20-6-4-3-5-19(20)26-2)14-25-11-9-16(10-12-25)22-18-8-7-17(23)13-21(18)28-24-22/h3-8,13,15-16H,9-12,14H2,1-2H3. The fourth-order valence-electron chi connectivity index (χ4n) is 3.95. The smallest absolute Gasteiger partial charge is 0.170 e. The van der Waals surface area contributed by atoms with Gasteiger partial charge in [-0.3, -0.25) is 4.90 Å². The monoisotopic (exact) mass is 384 g/mol. The van der Waals surface area contributed by atoms with Crippen LogP contribution in [0.3, 0.4) is 0 Å². The lowest BCUT2D eigenvalue weighted by molar-refractivity contribution is 0.121. The predicted octanol–water partition coefficient (Wildman–Crippen LogP) is 4.62. The number of para-hydroxylation sites is 2. The second kappa shape index (κ2) is 8.19. The first-order chi connectivity index (χ1) is 13.6. The first kappa shape index (κ1) is 18.7. The molecule has 5 nitrogen and oxygen atoms in total. The van der Waals surface area contributed by atoms with E-state index in [1.807, 2.05) is 24.3 Å². The molecule has 1 aliphatic rings. The van der Waals surface area contributed by atoms with Gasteiger partial charge in [-0.25, -0.2) is 4.39 Å². The molecule has 0 N–H and O–H groups in total. The number of nitrogens with zero attached hydrogens (tertiary/aromatic N) is 2. The van der Waals surface area contributed by atoms with Crippen LogP contribution < -0.4 is 9.47 Å². The molecule has 6 heteroatoms. The molecule has 1 unspecified atom stereocenters. The Bertz CT molecular complexity index is 934. The van der Waals surface area contributed by atoms with Crippen molar-refractivity contribution in [1.29, 1.82) is 0 Å². The fourth-order valence-corrected chi connectivity index (χ4v) is 3.95. The van der Waals surface area contributed by atoms with Crippen LogP contribution >= 0.6 is 0 Å². The van der Waals surface area contributed by atoms with E-state index in [1.165, 1.54) is 12.1 Å². The molecule has 2 aromatic carbocycles. The summed E-state index contributed by atoms with van der Waals surface area (Å²) in [6, 6.07) is 12.4. The van der Waals surface area contributed by atoms with Gasteiger partial charge < -0.3 is 14.0 Å². The Morgan fingerprint density at radius 1 is 1.18 bits per heavy atom. The topological polar surface area (TPSA) is 47.7 Å². The Hall–Kier alpha value is -2.60. The summed E-state index contributed by atoms with van der Waals surface area (Å²) in [5.41, 5.74) is 1.48. The van der Waals surface area contributed by atoms with Crippen LogP contribution in [0.5, 0.6) is 11.5 Å². The Morgan fingerprint density at radius 2 is 1.93 bits per heavy atom. The molecule has 2 heterocycles. The first-order valence-corrected chi connectivity index (χ1v) is 9.71. The number of hydrogen-bond acceptors (Lipinski definition) is 5. The minimum atomic E-state index is -0.297. The number of ether oxygens (including phenoxy) is 2. The van der Waals surface area contributed by atoms with Crippen LogP contribution in [0.1, 0.15) is 31.4 Å². The van der Waals surface area contributed by atoms with Crippen molar-refractivity contribution < 1.29 is 18.4 Å². The molecule has 1 fully saturated rings.